The molecule has 2 aromatic carbocycles. The third kappa shape index (κ3) is 4.13. The Kier molecular flexibility index (Phi) is 5.91. The molecule has 0 unspecified atom stereocenters. The van der Waals surface area contributed by atoms with E-state index < -0.39 is 0 Å². The number of hydrogen-bond donors (Lipinski definition) is 1. The highest BCUT2D eigenvalue weighted by molar-refractivity contribution is 5.94. The molecule has 2 nitrogen and oxygen atoms in total. The Balaban J connectivity index is 1.94. The lowest BCUT2D eigenvalue weighted by atomic mass is 10.0. The van der Waals surface area contributed by atoms with Crippen LogP contribution >= 0.6 is 0 Å². The van der Waals surface area contributed by atoms with Crippen molar-refractivity contribution in [3.63, 3.8) is 0 Å². The summed E-state index contributed by atoms with van der Waals surface area (Å²) in [7, 11) is 0. The number of ether oxygens (including phenoxy) is 1. The number of phenolic OH excluding ortho intramolecular Hbond substituents is 1. The molecular formula is C19H26O2. The molecule has 1 N–H and O–H groups in total. The van der Waals surface area contributed by atoms with Crippen molar-refractivity contribution in [2.75, 3.05) is 6.61 Å². The summed E-state index contributed by atoms with van der Waals surface area (Å²) in [6.07, 6.45) is 7.58. The Bertz CT molecular complexity index is 575. The Morgan fingerprint density at radius 2 is 1.62 bits per heavy atom. The molecule has 0 spiro atoms. The second-order valence-electron chi connectivity index (χ2n) is 5.70. The van der Waals surface area contributed by atoms with Crippen LogP contribution in [0.4, 0.5) is 0 Å². The number of unbranched alkanes of at least 4 members (excludes halogenated alkanes) is 5. The van der Waals surface area contributed by atoms with Crippen LogP contribution in [0.25, 0.3) is 10.8 Å². The lowest BCUT2D eigenvalue weighted by Gasteiger charge is -2.12. The summed E-state index contributed by atoms with van der Waals surface area (Å²) in [5.74, 6) is 1.24. The number of hydrogen-bond acceptors (Lipinski definition) is 2. The summed E-state index contributed by atoms with van der Waals surface area (Å²) in [4.78, 5) is 0. The maximum Gasteiger partial charge on any atom is 0.127 e. The van der Waals surface area contributed by atoms with Crippen LogP contribution < -0.4 is 4.74 Å². The average molecular weight is 286 g/mol. The minimum absolute atomic E-state index is 0.359. The summed E-state index contributed by atoms with van der Waals surface area (Å²) in [5, 5.41) is 12.0. The third-order valence-electron chi connectivity index (χ3n) is 3.92. The summed E-state index contributed by atoms with van der Waals surface area (Å²) >= 11 is 0. The van der Waals surface area contributed by atoms with Crippen molar-refractivity contribution in [1.82, 2.24) is 0 Å². The molecule has 0 aliphatic rings. The van der Waals surface area contributed by atoms with Crippen LogP contribution in [0.3, 0.4) is 0 Å². The van der Waals surface area contributed by atoms with Gasteiger partial charge in [-0.1, -0.05) is 63.3 Å². The molecule has 0 radical (unpaired) electrons. The first-order valence-electron chi connectivity index (χ1n) is 8.08. The quantitative estimate of drug-likeness (QED) is 0.641. The van der Waals surface area contributed by atoms with E-state index in [4.69, 9.17) is 4.74 Å². The van der Waals surface area contributed by atoms with E-state index in [-0.39, 0.29) is 0 Å². The van der Waals surface area contributed by atoms with Crippen molar-refractivity contribution in [3.8, 4) is 11.5 Å². The molecule has 0 saturated heterocycles. The molecule has 21 heavy (non-hydrogen) atoms. The SMILES string of the molecule is CCCCCCCCOc1cc(C)c(O)c2ccccc12. The van der Waals surface area contributed by atoms with Crippen molar-refractivity contribution < 1.29 is 9.84 Å². The van der Waals surface area contributed by atoms with E-state index in [1.807, 2.05) is 37.3 Å². The van der Waals surface area contributed by atoms with E-state index in [1.165, 1.54) is 32.1 Å². The van der Waals surface area contributed by atoms with Crippen LogP contribution in [0.2, 0.25) is 0 Å². The molecule has 0 atom stereocenters. The summed E-state index contributed by atoms with van der Waals surface area (Å²) in [6.45, 7) is 4.90. The summed E-state index contributed by atoms with van der Waals surface area (Å²) in [6, 6.07) is 9.81. The lowest BCUT2D eigenvalue weighted by molar-refractivity contribution is 0.307. The number of rotatable bonds is 8. The monoisotopic (exact) mass is 286 g/mol. The van der Waals surface area contributed by atoms with Crippen LogP contribution in [0, 0.1) is 6.92 Å². The molecule has 0 aliphatic heterocycles. The predicted molar refractivity (Wildman–Crippen MR) is 89.2 cm³/mol. The zero-order valence-corrected chi connectivity index (χ0v) is 13.2. The van der Waals surface area contributed by atoms with E-state index in [0.29, 0.717) is 5.75 Å². The van der Waals surface area contributed by atoms with Gasteiger partial charge in [0, 0.05) is 10.8 Å². The van der Waals surface area contributed by atoms with Gasteiger partial charge in [0.05, 0.1) is 6.61 Å². The normalized spacial score (nSPS) is 11.0. The van der Waals surface area contributed by atoms with Crippen LogP contribution in [0.1, 0.15) is 51.0 Å². The summed E-state index contributed by atoms with van der Waals surface area (Å²) < 4.78 is 5.95. The van der Waals surface area contributed by atoms with Gasteiger partial charge >= 0.3 is 0 Å². The van der Waals surface area contributed by atoms with Gasteiger partial charge in [0.25, 0.3) is 0 Å². The van der Waals surface area contributed by atoms with E-state index in [0.717, 1.165) is 35.1 Å². The minimum atomic E-state index is 0.359. The fourth-order valence-corrected chi connectivity index (χ4v) is 2.64. The highest BCUT2D eigenvalue weighted by Gasteiger charge is 2.09. The zero-order chi connectivity index (χ0) is 15.1. The maximum absolute atomic E-state index is 10.1. The molecule has 0 heterocycles. The van der Waals surface area contributed by atoms with Crippen LogP contribution in [0.15, 0.2) is 30.3 Å². The van der Waals surface area contributed by atoms with E-state index in [2.05, 4.69) is 6.92 Å². The van der Waals surface area contributed by atoms with Gasteiger partial charge in [0.15, 0.2) is 0 Å². The molecule has 0 saturated carbocycles. The Hall–Kier alpha value is -1.70. The first kappa shape index (κ1) is 15.7. The van der Waals surface area contributed by atoms with Crippen molar-refractivity contribution in [1.29, 1.82) is 0 Å². The van der Waals surface area contributed by atoms with Gasteiger partial charge in [0.2, 0.25) is 0 Å². The van der Waals surface area contributed by atoms with Gasteiger partial charge in [-0.2, -0.15) is 0 Å². The molecule has 0 aromatic heterocycles. The molecule has 0 bridgehead atoms. The fourth-order valence-electron chi connectivity index (χ4n) is 2.64. The largest absolute Gasteiger partial charge is 0.507 e. The molecule has 2 heteroatoms. The Morgan fingerprint density at radius 1 is 0.952 bits per heavy atom. The van der Waals surface area contributed by atoms with Gasteiger partial charge in [0.1, 0.15) is 11.5 Å². The number of benzene rings is 2. The number of aromatic hydroxyl groups is 1. The van der Waals surface area contributed by atoms with E-state index in [9.17, 15) is 5.11 Å². The highest BCUT2D eigenvalue weighted by atomic mass is 16.5. The molecule has 0 fully saturated rings. The smallest absolute Gasteiger partial charge is 0.127 e. The first-order chi connectivity index (χ1) is 10.2. The molecule has 2 aromatic rings. The zero-order valence-electron chi connectivity index (χ0n) is 13.2. The predicted octanol–water partition coefficient (Wildman–Crippen LogP) is 5.59. The number of phenols is 1. The van der Waals surface area contributed by atoms with Crippen LogP contribution in [-0.2, 0) is 0 Å². The minimum Gasteiger partial charge on any atom is -0.507 e. The van der Waals surface area contributed by atoms with Crippen molar-refractivity contribution >= 4 is 10.8 Å². The van der Waals surface area contributed by atoms with Gasteiger partial charge in [-0.05, 0) is 25.0 Å². The van der Waals surface area contributed by atoms with Gasteiger partial charge < -0.3 is 9.84 Å². The molecule has 0 aliphatic carbocycles. The lowest BCUT2D eigenvalue weighted by Crippen LogP contribution is -1.98. The van der Waals surface area contributed by atoms with Crippen LogP contribution in [-0.4, -0.2) is 11.7 Å². The molecule has 114 valence electrons. The second kappa shape index (κ2) is 7.92. The van der Waals surface area contributed by atoms with Crippen molar-refractivity contribution in [3.05, 3.63) is 35.9 Å². The third-order valence-corrected chi connectivity index (χ3v) is 3.92. The molecule has 0 amide bonds. The van der Waals surface area contributed by atoms with Gasteiger partial charge in [-0.15, -0.1) is 0 Å². The highest BCUT2D eigenvalue weighted by Crippen LogP contribution is 2.35. The maximum atomic E-state index is 10.1. The Labute approximate surface area is 127 Å². The topological polar surface area (TPSA) is 29.5 Å². The average Bonchev–Trinajstić information content (AvgIpc) is 2.51. The number of aryl methyl sites for hydroxylation is 1. The number of fused-ring (bicyclic) bond motifs is 1. The summed E-state index contributed by atoms with van der Waals surface area (Å²) in [5.41, 5.74) is 0.867. The molecule has 2 rings (SSSR count). The van der Waals surface area contributed by atoms with Gasteiger partial charge in [-0.25, -0.2) is 0 Å². The van der Waals surface area contributed by atoms with Crippen LogP contribution in [0.5, 0.6) is 11.5 Å². The standard InChI is InChI=1S/C19H26O2/c1-3-4-5-6-7-10-13-21-18-14-15(2)19(20)17-12-9-8-11-16(17)18/h8-9,11-12,14,20H,3-7,10,13H2,1-2H3. The molecular weight excluding hydrogens is 260 g/mol. The fraction of sp³-hybridized carbons (Fsp3) is 0.474. The second-order valence-corrected chi connectivity index (χ2v) is 5.70. The van der Waals surface area contributed by atoms with Gasteiger partial charge in [-0.3, -0.25) is 0 Å². The van der Waals surface area contributed by atoms with Crippen molar-refractivity contribution in [2.45, 2.75) is 52.4 Å². The van der Waals surface area contributed by atoms with E-state index >= 15 is 0 Å². The van der Waals surface area contributed by atoms with Crippen molar-refractivity contribution in [2.24, 2.45) is 0 Å². The van der Waals surface area contributed by atoms with E-state index in [1.54, 1.807) is 0 Å². The first-order valence-corrected chi connectivity index (χ1v) is 8.08. The Morgan fingerprint density at radius 3 is 2.38 bits per heavy atom.